The Hall–Kier alpha value is -5.77. The Bertz CT molecular complexity index is 2450. The second-order valence-electron chi connectivity index (χ2n) is 10.6. The molecule has 0 bridgehead atoms. The van der Waals surface area contributed by atoms with Crippen LogP contribution in [0.2, 0.25) is 0 Å². The van der Waals surface area contributed by atoms with Crippen molar-refractivity contribution in [3.8, 4) is 51.6 Å². The number of rotatable bonds is 3. The van der Waals surface area contributed by atoms with Gasteiger partial charge in [-0.15, -0.1) is 22.7 Å². The summed E-state index contributed by atoms with van der Waals surface area (Å²) in [6, 6.07) is 45.6. The number of thiophene rings is 2. The highest BCUT2D eigenvalue weighted by Gasteiger charge is 2.25. The molecule has 2 heterocycles. The van der Waals surface area contributed by atoms with E-state index in [9.17, 15) is 15.8 Å². The maximum Gasteiger partial charge on any atom is 0.100 e. The summed E-state index contributed by atoms with van der Waals surface area (Å²) in [4.78, 5) is 0. The molecular formula is C39H19N3S2. The van der Waals surface area contributed by atoms with Gasteiger partial charge >= 0.3 is 0 Å². The average molecular weight is 594 g/mol. The largest absolute Gasteiger partial charge is 0.192 e. The Morgan fingerprint density at radius 2 is 0.932 bits per heavy atom. The Morgan fingerprint density at radius 1 is 0.432 bits per heavy atom. The first-order valence-electron chi connectivity index (χ1n) is 14.0. The fourth-order valence-corrected chi connectivity index (χ4v) is 8.75. The molecule has 8 rings (SSSR count). The van der Waals surface area contributed by atoms with E-state index in [1.807, 2.05) is 54.6 Å². The van der Waals surface area contributed by atoms with Gasteiger partial charge in [0.2, 0.25) is 0 Å². The molecule has 0 atom stereocenters. The van der Waals surface area contributed by atoms with Gasteiger partial charge in [-0.05, 0) is 35.9 Å². The van der Waals surface area contributed by atoms with E-state index in [1.54, 1.807) is 34.8 Å². The summed E-state index contributed by atoms with van der Waals surface area (Å²) in [7, 11) is 0. The topological polar surface area (TPSA) is 71.4 Å². The zero-order valence-corrected chi connectivity index (χ0v) is 24.8. The minimum Gasteiger partial charge on any atom is -0.192 e. The van der Waals surface area contributed by atoms with E-state index < -0.39 is 0 Å². The number of benzene rings is 6. The van der Waals surface area contributed by atoms with Crippen LogP contribution in [0.1, 0.15) is 16.7 Å². The van der Waals surface area contributed by atoms with E-state index in [-0.39, 0.29) is 0 Å². The third-order valence-corrected chi connectivity index (χ3v) is 10.7. The van der Waals surface area contributed by atoms with Crippen molar-refractivity contribution in [2.75, 3.05) is 0 Å². The second kappa shape index (κ2) is 10.2. The van der Waals surface area contributed by atoms with Gasteiger partial charge in [0.25, 0.3) is 0 Å². The van der Waals surface area contributed by atoms with Gasteiger partial charge in [0.1, 0.15) is 12.1 Å². The van der Waals surface area contributed by atoms with Gasteiger partial charge < -0.3 is 0 Å². The van der Waals surface area contributed by atoms with Crippen LogP contribution in [0, 0.1) is 34.0 Å². The van der Waals surface area contributed by atoms with Crippen molar-refractivity contribution < 1.29 is 0 Å². The summed E-state index contributed by atoms with van der Waals surface area (Å²) in [5.41, 5.74) is 5.99. The van der Waals surface area contributed by atoms with E-state index in [2.05, 4.69) is 66.7 Å². The lowest BCUT2D eigenvalue weighted by Gasteiger charge is -2.18. The third kappa shape index (κ3) is 3.84. The SMILES string of the molecule is N#Cc1cccc(-c2c(C#N)c(-c3cccc4c3sc3ccccc34)cc(-c3cccc4c3sc3ccccc34)c2C#N)c1. The molecule has 0 amide bonds. The molecule has 2 aromatic heterocycles. The Kier molecular flexibility index (Phi) is 6.00. The van der Waals surface area contributed by atoms with Crippen molar-refractivity contribution in [2.45, 2.75) is 0 Å². The van der Waals surface area contributed by atoms with Gasteiger partial charge in [-0.3, -0.25) is 0 Å². The normalized spacial score (nSPS) is 11.1. The maximum absolute atomic E-state index is 10.8. The van der Waals surface area contributed by atoms with Crippen LogP contribution in [0.5, 0.6) is 0 Å². The summed E-state index contributed by atoms with van der Waals surface area (Å²) in [5.74, 6) is 0. The summed E-state index contributed by atoms with van der Waals surface area (Å²) in [6.45, 7) is 0. The zero-order valence-electron chi connectivity index (χ0n) is 23.1. The summed E-state index contributed by atoms with van der Waals surface area (Å²) < 4.78 is 4.55. The van der Waals surface area contributed by atoms with Crippen LogP contribution in [-0.4, -0.2) is 0 Å². The van der Waals surface area contributed by atoms with Crippen LogP contribution in [0.4, 0.5) is 0 Å². The predicted molar refractivity (Wildman–Crippen MR) is 183 cm³/mol. The standard InChI is InChI=1S/C39H19N3S2/c40-20-23-8-5-9-24(18-23)37-33(21-41)31(29-14-6-12-27-25-10-1-3-16-35(25)43-38(27)29)19-32(34(37)22-42)30-15-7-13-28-26-11-2-4-17-36(26)44-39(28)30/h1-19H. The molecule has 0 radical (unpaired) electrons. The van der Waals surface area contributed by atoms with Gasteiger partial charge in [-0.2, -0.15) is 15.8 Å². The molecule has 44 heavy (non-hydrogen) atoms. The van der Waals surface area contributed by atoms with Crippen LogP contribution >= 0.6 is 22.7 Å². The first-order valence-corrected chi connectivity index (χ1v) is 15.7. The lowest BCUT2D eigenvalue weighted by atomic mass is 9.83. The lowest BCUT2D eigenvalue weighted by Crippen LogP contribution is -1.98. The molecule has 202 valence electrons. The highest BCUT2D eigenvalue weighted by atomic mass is 32.1. The smallest absolute Gasteiger partial charge is 0.100 e. The summed E-state index contributed by atoms with van der Waals surface area (Å²) in [6.07, 6.45) is 0. The van der Waals surface area contributed by atoms with Crippen LogP contribution in [-0.2, 0) is 0 Å². The molecule has 0 aliphatic rings. The molecule has 3 nitrogen and oxygen atoms in total. The van der Waals surface area contributed by atoms with Gasteiger partial charge in [0.15, 0.2) is 0 Å². The Balaban J connectivity index is 1.54. The molecule has 0 aliphatic carbocycles. The number of hydrogen-bond acceptors (Lipinski definition) is 5. The van der Waals surface area contributed by atoms with Crippen molar-refractivity contribution in [2.24, 2.45) is 0 Å². The van der Waals surface area contributed by atoms with Crippen molar-refractivity contribution in [3.05, 3.63) is 132 Å². The molecule has 0 unspecified atom stereocenters. The molecule has 0 aliphatic heterocycles. The Labute approximate surface area is 261 Å². The minimum atomic E-state index is 0.425. The van der Waals surface area contributed by atoms with Crippen LogP contribution in [0.15, 0.2) is 115 Å². The highest BCUT2D eigenvalue weighted by Crippen LogP contribution is 2.48. The number of nitrogens with zero attached hydrogens (tertiary/aromatic N) is 3. The van der Waals surface area contributed by atoms with Gasteiger partial charge in [-0.1, -0.05) is 84.9 Å². The monoisotopic (exact) mass is 593 g/mol. The second-order valence-corrected chi connectivity index (χ2v) is 12.7. The molecule has 0 saturated heterocycles. The van der Waals surface area contributed by atoms with E-state index in [0.717, 1.165) is 42.4 Å². The van der Waals surface area contributed by atoms with E-state index in [4.69, 9.17) is 0 Å². The number of fused-ring (bicyclic) bond motifs is 6. The molecule has 6 aromatic carbocycles. The van der Waals surface area contributed by atoms with Gasteiger partial charge in [-0.25, -0.2) is 0 Å². The zero-order chi connectivity index (χ0) is 29.8. The van der Waals surface area contributed by atoms with Crippen molar-refractivity contribution >= 4 is 63.0 Å². The number of nitriles is 3. The summed E-state index contributed by atoms with van der Waals surface area (Å²) in [5, 5.41) is 35.9. The van der Waals surface area contributed by atoms with Crippen LogP contribution in [0.25, 0.3) is 73.7 Å². The fraction of sp³-hybridized carbons (Fsp3) is 0. The molecular weight excluding hydrogens is 575 g/mol. The molecule has 8 aromatic rings. The molecule has 0 saturated carbocycles. The van der Waals surface area contributed by atoms with Crippen molar-refractivity contribution in [1.82, 2.24) is 0 Å². The van der Waals surface area contributed by atoms with Crippen molar-refractivity contribution in [1.29, 1.82) is 15.8 Å². The Morgan fingerprint density at radius 3 is 1.45 bits per heavy atom. The molecule has 0 spiro atoms. The number of hydrogen-bond donors (Lipinski definition) is 0. The average Bonchev–Trinajstić information content (AvgIpc) is 3.66. The van der Waals surface area contributed by atoms with E-state index in [0.29, 0.717) is 27.8 Å². The molecule has 5 heteroatoms. The van der Waals surface area contributed by atoms with Crippen LogP contribution in [0.3, 0.4) is 0 Å². The predicted octanol–water partition coefficient (Wildman–Crippen LogP) is 11.0. The van der Waals surface area contributed by atoms with E-state index >= 15 is 0 Å². The quantitative estimate of drug-likeness (QED) is 0.205. The minimum absolute atomic E-state index is 0.425. The van der Waals surface area contributed by atoms with Gasteiger partial charge in [0.05, 0.1) is 22.8 Å². The van der Waals surface area contributed by atoms with Crippen molar-refractivity contribution in [3.63, 3.8) is 0 Å². The first-order chi connectivity index (χ1) is 21.7. The highest BCUT2D eigenvalue weighted by molar-refractivity contribution is 7.26. The fourth-order valence-electron chi connectivity index (χ4n) is 6.29. The van der Waals surface area contributed by atoms with E-state index in [1.165, 1.54) is 20.2 Å². The lowest BCUT2D eigenvalue weighted by molar-refractivity contribution is 1.43. The first kappa shape index (κ1) is 25.9. The third-order valence-electron chi connectivity index (χ3n) is 8.22. The molecule has 0 N–H and O–H groups in total. The van der Waals surface area contributed by atoms with Crippen LogP contribution < -0.4 is 0 Å². The summed E-state index contributed by atoms with van der Waals surface area (Å²) >= 11 is 3.42. The molecule has 0 fully saturated rings. The maximum atomic E-state index is 10.8. The van der Waals surface area contributed by atoms with Gasteiger partial charge in [0, 0.05) is 68.2 Å².